The van der Waals surface area contributed by atoms with E-state index in [2.05, 4.69) is 4.72 Å². The first-order valence-electron chi connectivity index (χ1n) is 6.71. The lowest BCUT2D eigenvalue weighted by Gasteiger charge is -2.33. The Balaban J connectivity index is 2.11. The van der Waals surface area contributed by atoms with Gasteiger partial charge in [-0.1, -0.05) is 19.3 Å². The van der Waals surface area contributed by atoms with E-state index in [1.54, 1.807) is 17.8 Å². The second-order valence-corrected chi connectivity index (χ2v) is 7.25. The lowest BCUT2D eigenvalue weighted by molar-refractivity contribution is -0.150. The first kappa shape index (κ1) is 15.1. The van der Waals surface area contributed by atoms with Gasteiger partial charge in [0.15, 0.2) is 0 Å². The molecule has 0 radical (unpaired) electrons. The first-order valence-corrected chi connectivity index (χ1v) is 8.19. The monoisotopic (exact) mass is 300 g/mol. The normalized spacial score (nSPS) is 18.9. The summed E-state index contributed by atoms with van der Waals surface area (Å²) in [5, 5.41) is 9.42. The number of carbonyl (C=O) groups is 1. The highest BCUT2D eigenvalue weighted by Crippen LogP contribution is 2.36. The minimum Gasteiger partial charge on any atom is -0.481 e. The van der Waals surface area contributed by atoms with E-state index in [-0.39, 0.29) is 11.4 Å². The zero-order valence-corrected chi connectivity index (χ0v) is 12.3. The van der Waals surface area contributed by atoms with Crippen molar-refractivity contribution in [1.82, 2.24) is 9.29 Å². The Morgan fingerprint density at radius 3 is 2.55 bits per heavy atom. The molecule has 1 fully saturated rings. The molecule has 112 valence electrons. The number of rotatable bonds is 5. The molecule has 2 N–H and O–H groups in total. The number of nitrogens with one attached hydrogen (secondary N) is 1. The van der Waals surface area contributed by atoms with Gasteiger partial charge in [0.1, 0.15) is 0 Å². The summed E-state index contributed by atoms with van der Waals surface area (Å²) in [5.74, 6) is -0.909. The standard InChI is InChI=1S/C13H20N2O4S/c1-15-8-5-11(9-15)20(18,19)14-10-13(12(16)17)6-3-2-4-7-13/h5,8-9,14H,2-4,6-7,10H2,1H3,(H,16,17). The van der Waals surface area contributed by atoms with Gasteiger partial charge in [-0.15, -0.1) is 0 Å². The van der Waals surface area contributed by atoms with E-state index in [1.807, 2.05) is 0 Å². The van der Waals surface area contributed by atoms with Crippen molar-refractivity contribution < 1.29 is 18.3 Å². The van der Waals surface area contributed by atoms with Crippen LogP contribution in [0.5, 0.6) is 0 Å². The molecule has 1 aliphatic carbocycles. The number of nitrogens with zero attached hydrogens (tertiary/aromatic N) is 1. The molecule has 0 spiro atoms. The fraction of sp³-hybridized carbons (Fsp3) is 0.615. The van der Waals surface area contributed by atoms with E-state index in [0.29, 0.717) is 12.8 Å². The fourth-order valence-electron chi connectivity index (χ4n) is 2.65. The zero-order chi connectivity index (χ0) is 14.8. The lowest BCUT2D eigenvalue weighted by Crippen LogP contribution is -2.44. The number of aromatic nitrogens is 1. The quantitative estimate of drug-likeness (QED) is 0.859. The van der Waals surface area contributed by atoms with Gasteiger partial charge in [0.05, 0.1) is 10.3 Å². The molecular weight excluding hydrogens is 280 g/mol. The molecule has 0 atom stereocenters. The first-order chi connectivity index (χ1) is 9.36. The van der Waals surface area contributed by atoms with Gasteiger partial charge in [0.25, 0.3) is 0 Å². The van der Waals surface area contributed by atoms with Gasteiger partial charge in [0.2, 0.25) is 10.0 Å². The SMILES string of the molecule is Cn1ccc(S(=O)(=O)NCC2(C(=O)O)CCCCC2)c1. The van der Waals surface area contributed by atoms with Crippen molar-refractivity contribution in [2.24, 2.45) is 12.5 Å². The number of sulfonamides is 1. The number of carboxylic acids is 1. The summed E-state index contributed by atoms with van der Waals surface area (Å²) >= 11 is 0. The Morgan fingerprint density at radius 1 is 1.40 bits per heavy atom. The third-order valence-electron chi connectivity index (χ3n) is 3.98. The molecule has 1 saturated carbocycles. The highest BCUT2D eigenvalue weighted by Gasteiger charge is 2.40. The Kier molecular flexibility index (Phi) is 4.19. The van der Waals surface area contributed by atoms with Crippen LogP contribution in [-0.2, 0) is 21.9 Å². The summed E-state index contributed by atoms with van der Waals surface area (Å²) < 4.78 is 28.4. The Bertz CT molecular complexity index is 585. The number of carboxylic acid groups (broad SMARTS) is 1. The number of hydrogen-bond donors (Lipinski definition) is 2. The van der Waals surface area contributed by atoms with Gasteiger partial charge in [-0.05, 0) is 18.9 Å². The zero-order valence-electron chi connectivity index (χ0n) is 11.5. The second kappa shape index (κ2) is 5.57. The van der Waals surface area contributed by atoms with E-state index in [0.717, 1.165) is 19.3 Å². The van der Waals surface area contributed by atoms with Crippen LogP contribution in [0.2, 0.25) is 0 Å². The predicted molar refractivity (Wildman–Crippen MR) is 73.8 cm³/mol. The molecule has 2 rings (SSSR count). The second-order valence-electron chi connectivity index (χ2n) is 5.48. The molecule has 1 aromatic heterocycles. The molecule has 0 aliphatic heterocycles. The van der Waals surface area contributed by atoms with Crippen LogP contribution in [0.15, 0.2) is 23.4 Å². The van der Waals surface area contributed by atoms with Gasteiger partial charge in [-0.25, -0.2) is 13.1 Å². The summed E-state index contributed by atoms with van der Waals surface area (Å²) in [6.45, 7) is -0.0421. The van der Waals surface area contributed by atoms with Gasteiger partial charge < -0.3 is 9.67 Å². The van der Waals surface area contributed by atoms with Crippen LogP contribution in [0.25, 0.3) is 0 Å². The third-order valence-corrected chi connectivity index (χ3v) is 5.37. The van der Waals surface area contributed by atoms with Gasteiger partial charge in [-0.2, -0.15) is 0 Å². The van der Waals surface area contributed by atoms with Crippen molar-refractivity contribution in [3.8, 4) is 0 Å². The highest BCUT2D eigenvalue weighted by atomic mass is 32.2. The van der Waals surface area contributed by atoms with Crippen LogP contribution in [0.4, 0.5) is 0 Å². The summed E-state index contributed by atoms with van der Waals surface area (Å²) in [6, 6.07) is 1.50. The molecule has 0 amide bonds. The summed E-state index contributed by atoms with van der Waals surface area (Å²) in [5.41, 5.74) is -0.958. The van der Waals surface area contributed by atoms with Gasteiger partial charge >= 0.3 is 5.97 Å². The van der Waals surface area contributed by atoms with E-state index in [9.17, 15) is 18.3 Å². The molecule has 0 saturated heterocycles. The van der Waals surface area contributed by atoms with Crippen molar-refractivity contribution >= 4 is 16.0 Å². The molecule has 1 aromatic rings. The maximum Gasteiger partial charge on any atom is 0.310 e. The largest absolute Gasteiger partial charge is 0.481 e. The van der Waals surface area contributed by atoms with Crippen LogP contribution >= 0.6 is 0 Å². The number of aryl methyl sites for hydroxylation is 1. The van der Waals surface area contributed by atoms with Crippen LogP contribution in [0.1, 0.15) is 32.1 Å². The van der Waals surface area contributed by atoms with Gasteiger partial charge in [-0.3, -0.25) is 4.79 Å². The van der Waals surface area contributed by atoms with Crippen LogP contribution in [0.3, 0.4) is 0 Å². The third kappa shape index (κ3) is 3.04. The molecule has 0 bridgehead atoms. The van der Waals surface area contributed by atoms with E-state index in [1.165, 1.54) is 12.3 Å². The summed E-state index contributed by atoms with van der Waals surface area (Å²) in [4.78, 5) is 11.7. The molecule has 0 aromatic carbocycles. The van der Waals surface area contributed by atoms with Crippen LogP contribution in [-0.4, -0.2) is 30.6 Å². The van der Waals surface area contributed by atoms with E-state index >= 15 is 0 Å². The lowest BCUT2D eigenvalue weighted by atomic mass is 9.74. The smallest absolute Gasteiger partial charge is 0.310 e. The predicted octanol–water partition coefficient (Wildman–Crippen LogP) is 1.34. The molecule has 7 heteroatoms. The average Bonchev–Trinajstić information content (AvgIpc) is 2.85. The fourth-order valence-corrected chi connectivity index (χ4v) is 3.83. The van der Waals surface area contributed by atoms with Crippen LogP contribution < -0.4 is 4.72 Å². The molecule has 0 unspecified atom stereocenters. The molecule has 1 heterocycles. The van der Waals surface area contributed by atoms with Gasteiger partial charge in [0, 0.05) is 26.0 Å². The summed E-state index contributed by atoms with van der Waals surface area (Å²) in [6.07, 6.45) is 6.87. The number of hydrogen-bond acceptors (Lipinski definition) is 3. The van der Waals surface area contributed by atoms with E-state index in [4.69, 9.17) is 0 Å². The highest BCUT2D eigenvalue weighted by molar-refractivity contribution is 7.89. The Morgan fingerprint density at radius 2 is 2.05 bits per heavy atom. The number of aliphatic carboxylic acids is 1. The van der Waals surface area contributed by atoms with Crippen molar-refractivity contribution in [1.29, 1.82) is 0 Å². The van der Waals surface area contributed by atoms with Crippen LogP contribution in [0, 0.1) is 5.41 Å². The minimum atomic E-state index is -3.64. The minimum absolute atomic E-state index is 0.0421. The van der Waals surface area contributed by atoms with Crippen molar-refractivity contribution in [3.63, 3.8) is 0 Å². The summed E-state index contributed by atoms with van der Waals surface area (Å²) in [7, 11) is -1.91. The Hall–Kier alpha value is -1.34. The molecular formula is C13H20N2O4S. The van der Waals surface area contributed by atoms with E-state index < -0.39 is 21.4 Å². The van der Waals surface area contributed by atoms with Crippen molar-refractivity contribution in [3.05, 3.63) is 18.5 Å². The van der Waals surface area contributed by atoms with Crippen molar-refractivity contribution in [2.45, 2.75) is 37.0 Å². The topological polar surface area (TPSA) is 88.4 Å². The maximum atomic E-state index is 12.1. The molecule has 6 nitrogen and oxygen atoms in total. The maximum absolute atomic E-state index is 12.1. The van der Waals surface area contributed by atoms with Crippen molar-refractivity contribution in [2.75, 3.05) is 6.54 Å². The Labute approximate surface area is 118 Å². The molecule has 1 aliphatic rings. The average molecular weight is 300 g/mol. The molecule has 20 heavy (non-hydrogen) atoms.